The molecule has 1 aromatic rings. The lowest BCUT2D eigenvalue weighted by Gasteiger charge is -2.32. The first-order chi connectivity index (χ1) is 11.0. The highest BCUT2D eigenvalue weighted by Gasteiger charge is 2.47. The molecule has 0 amide bonds. The van der Waals surface area contributed by atoms with Crippen LogP contribution in [0.5, 0.6) is 11.5 Å². The van der Waals surface area contributed by atoms with Gasteiger partial charge in [0.15, 0.2) is 11.5 Å². The third kappa shape index (κ3) is 3.02. The second-order valence-electron chi connectivity index (χ2n) is 5.62. The van der Waals surface area contributed by atoms with E-state index in [4.69, 9.17) is 14.2 Å². The maximum atomic E-state index is 12.2. The average Bonchev–Trinajstić information content (AvgIpc) is 2.94. The minimum atomic E-state index is -1.07. The van der Waals surface area contributed by atoms with E-state index in [1.807, 2.05) is 0 Å². The zero-order valence-electron chi connectivity index (χ0n) is 12.8. The van der Waals surface area contributed by atoms with Crippen molar-refractivity contribution in [1.82, 2.24) is 0 Å². The van der Waals surface area contributed by atoms with Gasteiger partial charge in [0, 0.05) is 12.8 Å². The van der Waals surface area contributed by atoms with Crippen molar-refractivity contribution in [2.45, 2.75) is 38.4 Å². The van der Waals surface area contributed by atoms with Gasteiger partial charge in [-0.1, -0.05) is 6.07 Å². The second kappa shape index (κ2) is 5.95. The van der Waals surface area contributed by atoms with Gasteiger partial charge in [-0.3, -0.25) is 0 Å². The van der Waals surface area contributed by atoms with Crippen LogP contribution in [0.15, 0.2) is 23.8 Å². The molecule has 0 unspecified atom stereocenters. The van der Waals surface area contributed by atoms with Gasteiger partial charge in [-0.15, -0.1) is 0 Å². The Kier molecular flexibility index (Phi) is 3.98. The van der Waals surface area contributed by atoms with Crippen molar-refractivity contribution in [3.8, 4) is 11.5 Å². The van der Waals surface area contributed by atoms with Gasteiger partial charge < -0.3 is 19.3 Å². The molecule has 6 nitrogen and oxygen atoms in total. The molecular weight excluding hydrogens is 300 g/mol. The van der Waals surface area contributed by atoms with E-state index < -0.39 is 17.7 Å². The summed E-state index contributed by atoms with van der Waals surface area (Å²) >= 11 is 0. The molecule has 3 rings (SSSR count). The van der Waals surface area contributed by atoms with Gasteiger partial charge in [0.2, 0.25) is 0 Å². The molecule has 1 aliphatic heterocycles. The SMILES string of the molecule is CCOc1cc(C=C2C(=O)OC3(CCCC3)OC2=O)ccc1O. The van der Waals surface area contributed by atoms with Crippen LogP contribution in [-0.4, -0.2) is 29.4 Å². The summed E-state index contributed by atoms with van der Waals surface area (Å²) in [7, 11) is 0. The van der Waals surface area contributed by atoms with Crippen LogP contribution in [0.4, 0.5) is 0 Å². The van der Waals surface area contributed by atoms with Crippen LogP contribution >= 0.6 is 0 Å². The predicted octanol–water partition coefficient (Wildman–Crippen LogP) is 2.54. The number of hydrogen-bond acceptors (Lipinski definition) is 6. The molecule has 6 heteroatoms. The van der Waals surface area contributed by atoms with Crippen molar-refractivity contribution in [3.05, 3.63) is 29.3 Å². The van der Waals surface area contributed by atoms with Crippen LogP contribution in [-0.2, 0) is 19.1 Å². The van der Waals surface area contributed by atoms with Crippen molar-refractivity contribution in [3.63, 3.8) is 0 Å². The van der Waals surface area contributed by atoms with E-state index in [2.05, 4.69) is 0 Å². The molecule has 1 aliphatic carbocycles. The molecule has 0 atom stereocenters. The summed E-state index contributed by atoms with van der Waals surface area (Å²) in [5.74, 6) is -2.14. The number of benzene rings is 1. The first-order valence-electron chi connectivity index (χ1n) is 7.67. The molecule has 1 heterocycles. The maximum absolute atomic E-state index is 12.2. The van der Waals surface area contributed by atoms with Crippen LogP contribution in [0.1, 0.15) is 38.2 Å². The molecular formula is C17H18O6. The van der Waals surface area contributed by atoms with E-state index in [-0.39, 0.29) is 17.1 Å². The molecule has 1 aromatic carbocycles. The topological polar surface area (TPSA) is 82.1 Å². The van der Waals surface area contributed by atoms with Gasteiger partial charge in [-0.25, -0.2) is 9.59 Å². The van der Waals surface area contributed by atoms with Gasteiger partial charge in [-0.2, -0.15) is 0 Å². The number of rotatable bonds is 3. The zero-order chi connectivity index (χ0) is 16.4. The van der Waals surface area contributed by atoms with Crippen LogP contribution < -0.4 is 4.74 Å². The number of ether oxygens (including phenoxy) is 3. The quantitative estimate of drug-likeness (QED) is 0.524. The highest BCUT2D eigenvalue weighted by molar-refractivity contribution is 6.18. The second-order valence-corrected chi connectivity index (χ2v) is 5.62. The van der Waals surface area contributed by atoms with E-state index in [0.717, 1.165) is 12.8 Å². The molecule has 1 saturated heterocycles. The molecule has 2 fully saturated rings. The van der Waals surface area contributed by atoms with E-state index >= 15 is 0 Å². The number of phenols is 1. The average molecular weight is 318 g/mol. The van der Waals surface area contributed by atoms with E-state index in [1.165, 1.54) is 12.1 Å². The van der Waals surface area contributed by atoms with Crippen LogP contribution in [0.3, 0.4) is 0 Å². The van der Waals surface area contributed by atoms with E-state index in [0.29, 0.717) is 25.0 Å². The molecule has 1 N–H and O–H groups in total. The molecule has 1 saturated carbocycles. The Hall–Kier alpha value is -2.50. The summed E-state index contributed by atoms with van der Waals surface area (Å²) < 4.78 is 16.0. The minimum Gasteiger partial charge on any atom is -0.504 e. The van der Waals surface area contributed by atoms with Crippen molar-refractivity contribution in [2.75, 3.05) is 6.61 Å². The number of hydrogen-bond donors (Lipinski definition) is 1. The fourth-order valence-electron chi connectivity index (χ4n) is 2.85. The molecule has 0 radical (unpaired) electrons. The van der Waals surface area contributed by atoms with Gasteiger partial charge in [0.25, 0.3) is 5.79 Å². The predicted molar refractivity (Wildman–Crippen MR) is 80.6 cm³/mol. The Morgan fingerprint density at radius 3 is 2.48 bits per heavy atom. The summed E-state index contributed by atoms with van der Waals surface area (Å²) in [5.41, 5.74) is 0.383. The first kappa shape index (κ1) is 15.4. The summed E-state index contributed by atoms with van der Waals surface area (Å²) in [4.78, 5) is 24.4. The van der Waals surface area contributed by atoms with E-state index in [9.17, 15) is 14.7 Å². The minimum absolute atomic E-state index is 0.00675. The highest BCUT2D eigenvalue weighted by Crippen LogP contribution is 2.39. The summed E-state index contributed by atoms with van der Waals surface area (Å²) in [6.45, 7) is 2.18. The third-order valence-corrected chi connectivity index (χ3v) is 3.96. The Morgan fingerprint density at radius 2 is 1.87 bits per heavy atom. The fraction of sp³-hybridized carbons (Fsp3) is 0.412. The fourth-order valence-corrected chi connectivity index (χ4v) is 2.85. The molecule has 122 valence electrons. The maximum Gasteiger partial charge on any atom is 0.348 e. The number of carbonyl (C=O) groups excluding carboxylic acids is 2. The Balaban J connectivity index is 1.86. The molecule has 0 bridgehead atoms. The summed E-state index contributed by atoms with van der Waals surface area (Å²) in [6.07, 6.45) is 4.22. The van der Waals surface area contributed by atoms with Crippen molar-refractivity contribution in [1.29, 1.82) is 0 Å². The van der Waals surface area contributed by atoms with Crippen molar-refractivity contribution >= 4 is 18.0 Å². The van der Waals surface area contributed by atoms with Crippen molar-refractivity contribution in [2.24, 2.45) is 0 Å². The molecule has 2 aliphatic rings. The molecule has 23 heavy (non-hydrogen) atoms. The largest absolute Gasteiger partial charge is 0.504 e. The Labute approximate surface area is 133 Å². The number of carbonyl (C=O) groups is 2. The smallest absolute Gasteiger partial charge is 0.348 e. The lowest BCUT2D eigenvalue weighted by molar-refractivity contribution is -0.232. The standard InChI is InChI=1S/C17H18O6/c1-2-21-14-10-11(5-6-13(14)18)9-12-15(19)22-17(23-16(12)20)7-3-4-8-17/h5-6,9-10,18H,2-4,7-8H2,1H3. The molecule has 0 aromatic heterocycles. The van der Waals surface area contributed by atoms with Gasteiger partial charge in [-0.05, 0) is 43.5 Å². The van der Waals surface area contributed by atoms with Crippen LogP contribution in [0, 0.1) is 0 Å². The number of aromatic hydroxyl groups is 1. The van der Waals surface area contributed by atoms with Crippen LogP contribution in [0.25, 0.3) is 6.08 Å². The number of esters is 2. The summed E-state index contributed by atoms with van der Waals surface area (Å²) in [6, 6.07) is 4.56. The summed E-state index contributed by atoms with van der Waals surface area (Å²) in [5, 5.41) is 9.69. The zero-order valence-corrected chi connectivity index (χ0v) is 12.8. The monoisotopic (exact) mass is 318 g/mol. The van der Waals surface area contributed by atoms with Crippen molar-refractivity contribution < 1.29 is 28.9 Å². The van der Waals surface area contributed by atoms with E-state index in [1.54, 1.807) is 19.1 Å². The first-order valence-corrected chi connectivity index (χ1v) is 7.67. The Morgan fingerprint density at radius 1 is 1.22 bits per heavy atom. The van der Waals surface area contributed by atoms with Gasteiger partial charge in [0.1, 0.15) is 5.57 Å². The highest BCUT2D eigenvalue weighted by atomic mass is 16.7. The van der Waals surface area contributed by atoms with Crippen LogP contribution in [0.2, 0.25) is 0 Å². The number of phenolic OH excluding ortho intramolecular Hbond substituents is 1. The molecule has 1 spiro atoms. The lowest BCUT2D eigenvalue weighted by atomic mass is 10.1. The normalized spacial score (nSPS) is 19.4. The van der Waals surface area contributed by atoms with Gasteiger partial charge in [0.05, 0.1) is 6.61 Å². The van der Waals surface area contributed by atoms with Gasteiger partial charge >= 0.3 is 11.9 Å². The lowest BCUT2D eigenvalue weighted by Crippen LogP contribution is -2.44. The third-order valence-electron chi connectivity index (χ3n) is 3.96. The Bertz CT molecular complexity index is 648.